The van der Waals surface area contributed by atoms with Crippen LogP contribution in [0, 0.1) is 0 Å². The van der Waals surface area contributed by atoms with Crippen LogP contribution in [-0.4, -0.2) is 10.9 Å². The van der Waals surface area contributed by atoms with Gasteiger partial charge in [0, 0.05) is 20.3 Å². The first kappa shape index (κ1) is 13.3. The van der Waals surface area contributed by atoms with Crippen LogP contribution in [0.5, 0.6) is 0 Å². The molecule has 0 unspecified atom stereocenters. The number of anilines is 1. The van der Waals surface area contributed by atoms with Crippen LogP contribution in [-0.2, 0) is 6.54 Å². The predicted molar refractivity (Wildman–Crippen MR) is 76.8 cm³/mol. The molecular weight excluding hydrogens is 338 g/mol. The van der Waals surface area contributed by atoms with E-state index >= 15 is 0 Å². The molecule has 4 nitrogen and oxygen atoms in total. The Morgan fingerprint density at radius 2 is 2.28 bits per heavy atom. The van der Waals surface area contributed by atoms with Crippen molar-refractivity contribution in [1.82, 2.24) is 10.3 Å². The van der Waals surface area contributed by atoms with Gasteiger partial charge in [0.05, 0.1) is 6.54 Å². The van der Waals surface area contributed by atoms with Gasteiger partial charge in [-0.25, -0.2) is 4.98 Å². The molecule has 94 valence electrons. The molecule has 7 heteroatoms. The van der Waals surface area contributed by atoms with Crippen LogP contribution in [0.1, 0.15) is 15.2 Å². The lowest BCUT2D eigenvalue weighted by Crippen LogP contribution is -2.22. The third-order valence-corrected chi connectivity index (χ3v) is 4.01. The van der Waals surface area contributed by atoms with Gasteiger partial charge in [0.15, 0.2) is 0 Å². The lowest BCUT2D eigenvalue weighted by Gasteiger charge is -2.04. The first-order chi connectivity index (χ1) is 8.54. The van der Waals surface area contributed by atoms with Crippen molar-refractivity contribution in [2.24, 2.45) is 0 Å². The highest BCUT2D eigenvalue weighted by atomic mass is 79.9. The predicted octanol–water partition coefficient (Wildman–Crippen LogP) is 3.07. The molecule has 0 atom stereocenters. The van der Waals surface area contributed by atoms with Crippen molar-refractivity contribution in [2.45, 2.75) is 6.54 Å². The molecule has 18 heavy (non-hydrogen) atoms. The Balaban J connectivity index is 2.03. The second-order valence-electron chi connectivity index (χ2n) is 3.52. The summed E-state index contributed by atoms with van der Waals surface area (Å²) in [6.07, 6.45) is 0. The molecule has 0 radical (unpaired) electrons. The van der Waals surface area contributed by atoms with Gasteiger partial charge >= 0.3 is 0 Å². The Kier molecular flexibility index (Phi) is 4.21. The van der Waals surface area contributed by atoms with Gasteiger partial charge in [-0.2, -0.15) is 0 Å². The minimum atomic E-state index is -0.226. The molecule has 2 aromatic heterocycles. The van der Waals surface area contributed by atoms with Gasteiger partial charge in [-0.1, -0.05) is 11.6 Å². The molecule has 0 aliphatic rings. The molecule has 0 aliphatic heterocycles. The summed E-state index contributed by atoms with van der Waals surface area (Å²) >= 11 is 10.7. The SMILES string of the molecule is Nc1cc(C(=O)NCc2cc(Br)cs2)cc(Cl)n1. The number of hydrogen-bond acceptors (Lipinski definition) is 4. The van der Waals surface area contributed by atoms with Gasteiger partial charge in [0.25, 0.3) is 5.91 Å². The fourth-order valence-corrected chi connectivity index (χ4v) is 2.97. The molecule has 2 heterocycles. The Morgan fingerprint density at radius 1 is 1.50 bits per heavy atom. The number of carbonyl (C=O) groups excluding carboxylic acids is 1. The van der Waals surface area contributed by atoms with E-state index in [2.05, 4.69) is 26.2 Å². The fraction of sp³-hybridized carbons (Fsp3) is 0.0909. The molecule has 0 saturated heterocycles. The zero-order valence-corrected chi connectivity index (χ0v) is 12.3. The van der Waals surface area contributed by atoms with Crippen LogP contribution in [0.15, 0.2) is 28.1 Å². The molecule has 2 aromatic rings. The third kappa shape index (κ3) is 3.44. The van der Waals surface area contributed by atoms with E-state index in [9.17, 15) is 4.79 Å². The van der Waals surface area contributed by atoms with Gasteiger partial charge in [-0.15, -0.1) is 11.3 Å². The summed E-state index contributed by atoms with van der Waals surface area (Å²) in [6.45, 7) is 0.467. The number of nitrogens with one attached hydrogen (secondary N) is 1. The normalized spacial score (nSPS) is 10.3. The number of rotatable bonds is 3. The molecule has 0 saturated carbocycles. The Hall–Kier alpha value is -1.11. The molecule has 1 amide bonds. The van der Waals surface area contributed by atoms with Gasteiger partial charge in [0.1, 0.15) is 11.0 Å². The summed E-state index contributed by atoms with van der Waals surface area (Å²) in [5.41, 5.74) is 5.93. The first-order valence-corrected chi connectivity index (χ1v) is 7.04. The number of nitrogens with two attached hydrogens (primary N) is 1. The quantitative estimate of drug-likeness (QED) is 0.839. The Morgan fingerprint density at radius 3 is 2.89 bits per heavy atom. The highest BCUT2D eigenvalue weighted by molar-refractivity contribution is 9.10. The lowest BCUT2D eigenvalue weighted by atomic mass is 10.2. The topological polar surface area (TPSA) is 68.0 Å². The number of pyridine rings is 1. The smallest absolute Gasteiger partial charge is 0.251 e. The van der Waals surface area contributed by atoms with Crippen LogP contribution < -0.4 is 11.1 Å². The van der Waals surface area contributed by atoms with Gasteiger partial charge in [-0.3, -0.25) is 4.79 Å². The Labute approximate surface area is 121 Å². The minimum Gasteiger partial charge on any atom is -0.384 e. The van der Waals surface area contributed by atoms with E-state index in [1.165, 1.54) is 12.1 Å². The summed E-state index contributed by atoms with van der Waals surface area (Å²) < 4.78 is 1.01. The van der Waals surface area contributed by atoms with Crippen LogP contribution in [0.3, 0.4) is 0 Å². The number of nitrogens with zero attached hydrogens (tertiary/aromatic N) is 1. The maximum Gasteiger partial charge on any atom is 0.251 e. The summed E-state index contributed by atoms with van der Waals surface area (Å²) in [7, 11) is 0. The van der Waals surface area contributed by atoms with E-state index in [0.717, 1.165) is 9.35 Å². The summed E-state index contributed by atoms with van der Waals surface area (Å²) in [5.74, 6) is 0.00189. The van der Waals surface area contributed by atoms with E-state index in [-0.39, 0.29) is 16.9 Å². The van der Waals surface area contributed by atoms with Crippen molar-refractivity contribution in [1.29, 1.82) is 0 Å². The highest BCUT2D eigenvalue weighted by Gasteiger charge is 2.08. The van der Waals surface area contributed by atoms with E-state index in [4.69, 9.17) is 17.3 Å². The number of hydrogen-bond donors (Lipinski definition) is 2. The molecule has 0 bridgehead atoms. The second-order valence-corrected chi connectivity index (χ2v) is 5.82. The number of thiophene rings is 1. The maximum absolute atomic E-state index is 11.9. The van der Waals surface area contributed by atoms with E-state index in [1.807, 2.05) is 11.4 Å². The van der Waals surface area contributed by atoms with E-state index in [0.29, 0.717) is 12.1 Å². The van der Waals surface area contributed by atoms with E-state index < -0.39 is 0 Å². The Bertz CT molecular complexity index is 567. The zero-order chi connectivity index (χ0) is 13.1. The largest absolute Gasteiger partial charge is 0.384 e. The molecule has 0 spiro atoms. The van der Waals surface area contributed by atoms with Gasteiger partial charge in [0.2, 0.25) is 0 Å². The van der Waals surface area contributed by atoms with Crippen molar-refractivity contribution < 1.29 is 4.79 Å². The number of carbonyl (C=O) groups is 1. The number of nitrogen functional groups attached to an aromatic ring is 1. The highest BCUT2D eigenvalue weighted by Crippen LogP contribution is 2.19. The third-order valence-electron chi connectivity index (χ3n) is 2.12. The zero-order valence-electron chi connectivity index (χ0n) is 9.11. The van der Waals surface area contributed by atoms with Crippen molar-refractivity contribution in [2.75, 3.05) is 5.73 Å². The minimum absolute atomic E-state index is 0.207. The fourth-order valence-electron chi connectivity index (χ4n) is 1.36. The van der Waals surface area contributed by atoms with Crippen molar-refractivity contribution in [3.05, 3.63) is 43.6 Å². The van der Waals surface area contributed by atoms with Crippen LogP contribution >= 0.6 is 38.9 Å². The van der Waals surface area contributed by atoms with Gasteiger partial charge in [-0.05, 0) is 34.1 Å². The molecule has 3 N–H and O–H groups in total. The molecule has 0 aromatic carbocycles. The number of amides is 1. The molecule has 0 aliphatic carbocycles. The number of aromatic nitrogens is 1. The van der Waals surface area contributed by atoms with Crippen LogP contribution in [0.25, 0.3) is 0 Å². The second kappa shape index (κ2) is 5.69. The van der Waals surface area contributed by atoms with E-state index in [1.54, 1.807) is 11.3 Å². The first-order valence-electron chi connectivity index (χ1n) is 4.99. The van der Waals surface area contributed by atoms with Gasteiger partial charge < -0.3 is 11.1 Å². The standard InChI is InChI=1S/C11H9BrClN3OS/c12-7-3-8(18-5-7)4-15-11(17)6-1-9(13)16-10(14)2-6/h1-3,5H,4H2,(H2,14,16)(H,15,17). The lowest BCUT2D eigenvalue weighted by molar-refractivity contribution is 0.0951. The molecule has 0 fully saturated rings. The average molecular weight is 347 g/mol. The summed E-state index contributed by atoms with van der Waals surface area (Å²) in [6, 6.07) is 4.93. The molecular formula is C11H9BrClN3OS. The van der Waals surface area contributed by atoms with Crippen LogP contribution in [0.4, 0.5) is 5.82 Å². The van der Waals surface area contributed by atoms with Crippen molar-refractivity contribution in [3.63, 3.8) is 0 Å². The number of halogens is 2. The van der Waals surface area contributed by atoms with Crippen LogP contribution in [0.2, 0.25) is 5.15 Å². The van der Waals surface area contributed by atoms with Crippen molar-refractivity contribution >= 4 is 50.6 Å². The average Bonchev–Trinajstić information content (AvgIpc) is 2.70. The summed E-state index contributed by atoms with van der Waals surface area (Å²) in [5, 5.41) is 4.96. The van der Waals surface area contributed by atoms with Crippen molar-refractivity contribution in [3.8, 4) is 0 Å². The monoisotopic (exact) mass is 345 g/mol. The molecule has 2 rings (SSSR count). The maximum atomic E-state index is 11.9. The summed E-state index contributed by atoms with van der Waals surface area (Å²) in [4.78, 5) is 16.7.